The number of nitrogens with zero attached hydrogens (tertiary/aromatic N) is 2. The second kappa shape index (κ2) is 7.63. The number of rotatable bonds is 6. The Bertz CT molecular complexity index is 475. The van der Waals surface area contributed by atoms with Gasteiger partial charge in [0.15, 0.2) is 5.96 Å². The summed E-state index contributed by atoms with van der Waals surface area (Å²) in [5.74, 6) is 1.41. The summed E-state index contributed by atoms with van der Waals surface area (Å²) in [5, 5.41) is 3.29. The van der Waals surface area contributed by atoms with Crippen LogP contribution in [0.3, 0.4) is 0 Å². The van der Waals surface area contributed by atoms with Crippen molar-refractivity contribution >= 4 is 5.96 Å². The Balaban J connectivity index is 1.59. The maximum absolute atomic E-state index is 6.05. The Labute approximate surface area is 133 Å². The Morgan fingerprint density at radius 3 is 2.55 bits per heavy atom. The second-order valence-corrected chi connectivity index (χ2v) is 6.57. The van der Waals surface area contributed by atoms with Crippen molar-refractivity contribution in [1.29, 1.82) is 0 Å². The molecule has 1 saturated carbocycles. The maximum atomic E-state index is 6.05. The Morgan fingerprint density at radius 2 is 1.91 bits per heavy atom. The fraction of sp³-hybridized carbons (Fsp3) is 0.611. The highest BCUT2D eigenvalue weighted by Gasteiger charge is 2.23. The summed E-state index contributed by atoms with van der Waals surface area (Å²) >= 11 is 0. The molecule has 0 amide bonds. The first kappa shape index (κ1) is 15.3. The number of hydrogen-bond acceptors (Lipinski definition) is 2. The molecule has 2 fully saturated rings. The molecule has 3 N–H and O–H groups in total. The van der Waals surface area contributed by atoms with Crippen molar-refractivity contribution < 1.29 is 0 Å². The van der Waals surface area contributed by atoms with E-state index in [1.807, 2.05) is 0 Å². The van der Waals surface area contributed by atoms with E-state index in [-0.39, 0.29) is 0 Å². The minimum atomic E-state index is 0.354. The number of hydrogen-bond donors (Lipinski definition) is 2. The minimum absolute atomic E-state index is 0.354. The number of guanidine groups is 1. The molecular weight excluding hydrogens is 272 g/mol. The van der Waals surface area contributed by atoms with E-state index in [0.29, 0.717) is 12.0 Å². The zero-order chi connectivity index (χ0) is 15.2. The Hall–Kier alpha value is -1.55. The first-order valence-electron chi connectivity index (χ1n) is 8.66. The van der Waals surface area contributed by atoms with Crippen LogP contribution in [-0.2, 0) is 0 Å². The highest BCUT2D eigenvalue weighted by Crippen LogP contribution is 2.26. The smallest absolute Gasteiger partial charge is 0.188 e. The molecule has 0 bridgehead atoms. The van der Waals surface area contributed by atoms with E-state index in [9.17, 15) is 0 Å². The van der Waals surface area contributed by atoms with Crippen LogP contribution in [0.5, 0.6) is 0 Å². The van der Waals surface area contributed by atoms with Gasteiger partial charge in [0.25, 0.3) is 0 Å². The molecule has 0 aromatic heterocycles. The van der Waals surface area contributed by atoms with Crippen LogP contribution >= 0.6 is 0 Å². The quantitative estimate of drug-likeness (QED) is 0.627. The van der Waals surface area contributed by atoms with E-state index in [4.69, 9.17) is 5.73 Å². The molecule has 1 aliphatic heterocycles. The average Bonchev–Trinajstić information content (AvgIpc) is 3.01. The molecule has 1 aliphatic carbocycles. The van der Waals surface area contributed by atoms with Crippen molar-refractivity contribution in [2.24, 2.45) is 16.6 Å². The highest BCUT2D eigenvalue weighted by atomic mass is 15.2. The van der Waals surface area contributed by atoms with Gasteiger partial charge >= 0.3 is 0 Å². The summed E-state index contributed by atoms with van der Waals surface area (Å²) in [7, 11) is 0. The third kappa shape index (κ3) is 4.01. The van der Waals surface area contributed by atoms with Gasteiger partial charge in [-0.05, 0) is 50.3 Å². The van der Waals surface area contributed by atoms with E-state index >= 15 is 0 Å². The van der Waals surface area contributed by atoms with Gasteiger partial charge in [0, 0.05) is 6.54 Å². The molecule has 22 heavy (non-hydrogen) atoms. The molecular formula is C18H28N4. The zero-order valence-electron chi connectivity index (χ0n) is 13.4. The van der Waals surface area contributed by atoms with Crippen molar-refractivity contribution in [3.05, 3.63) is 35.9 Å². The van der Waals surface area contributed by atoms with Crippen LogP contribution in [0.1, 0.15) is 43.7 Å². The van der Waals surface area contributed by atoms with Gasteiger partial charge in [0.1, 0.15) is 0 Å². The number of aliphatic imine (C=N–C) groups is 1. The first-order chi connectivity index (χ1) is 10.8. The molecule has 2 aliphatic rings. The van der Waals surface area contributed by atoms with Crippen molar-refractivity contribution in [3.8, 4) is 0 Å². The molecule has 120 valence electrons. The van der Waals surface area contributed by atoms with Crippen LogP contribution in [0.15, 0.2) is 35.3 Å². The van der Waals surface area contributed by atoms with E-state index < -0.39 is 0 Å². The minimum Gasteiger partial charge on any atom is -0.370 e. The van der Waals surface area contributed by atoms with E-state index in [1.54, 1.807) is 0 Å². The lowest BCUT2D eigenvalue weighted by atomic mass is 9.85. The van der Waals surface area contributed by atoms with Gasteiger partial charge in [-0.3, -0.25) is 9.89 Å². The van der Waals surface area contributed by atoms with Gasteiger partial charge in [-0.25, -0.2) is 0 Å². The molecule has 1 saturated heterocycles. The second-order valence-electron chi connectivity index (χ2n) is 6.57. The Kier molecular flexibility index (Phi) is 5.33. The molecule has 1 unspecified atom stereocenters. The van der Waals surface area contributed by atoms with Crippen LogP contribution in [0.2, 0.25) is 0 Å². The third-order valence-electron chi connectivity index (χ3n) is 5.00. The van der Waals surface area contributed by atoms with Gasteiger partial charge in [-0.2, -0.15) is 0 Å². The zero-order valence-corrected chi connectivity index (χ0v) is 13.4. The van der Waals surface area contributed by atoms with Gasteiger partial charge in [-0.15, -0.1) is 0 Å². The van der Waals surface area contributed by atoms with Gasteiger partial charge in [0.05, 0.1) is 12.6 Å². The molecule has 0 spiro atoms. The van der Waals surface area contributed by atoms with Gasteiger partial charge in [0.2, 0.25) is 0 Å². The van der Waals surface area contributed by atoms with E-state index in [2.05, 4.69) is 45.5 Å². The predicted octanol–water partition coefficient (Wildman–Crippen LogP) is 2.53. The SMILES string of the molecule is NC(=NCC(c1ccccc1)N1CCCC1)NCC1CCC1. The van der Waals surface area contributed by atoms with Gasteiger partial charge < -0.3 is 11.1 Å². The molecule has 1 aromatic carbocycles. The fourth-order valence-electron chi connectivity index (χ4n) is 3.35. The van der Waals surface area contributed by atoms with Crippen molar-refractivity contribution in [2.75, 3.05) is 26.2 Å². The summed E-state index contributed by atoms with van der Waals surface area (Å²) < 4.78 is 0. The molecule has 4 heteroatoms. The van der Waals surface area contributed by atoms with Crippen LogP contribution in [0.25, 0.3) is 0 Å². The van der Waals surface area contributed by atoms with Crippen molar-refractivity contribution in [1.82, 2.24) is 10.2 Å². The Morgan fingerprint density at radius 1 is 1.18 bits per heavy atom. The molecule has 3 rings (SSSR count). The summed E-state index contributed by atoms with van der Waals surface area (Å²) in [6, 6.07) is 11.1. The average molecular weight is 300 g/mol. The molecule has 0 radical (unpaired) electrons. The topological polar surface area (TPSA) is 53.6 Å². The summed E-state index contributed by atoms with van der Waals surface area (Å²) in [4.78, 5) is 7.16. The standard InChI is InChI=1S/C18H28N4/c19-18(20-13-15-7-6-8-15)21-14-17(22-11-4-5-12-22)16-9-2-1-3-10-16/h1-3,9-10,15,17H,4-8,11-14H2,(H3,19,20,21). The lowest BCUT2D eigenvalue weighted by Gasteiger charge is -2.27. The molecule has 1 aromatic rings. The van der Waals surface area contributed by atoms with Crippen LogP contribution in [0, 0.1) is 5.92 Å². The number of likely N-dealkylation sites (tertiary alicyclic amines) is 1. The van der Waals surface area contributed by atoms with Crippen molar-refractivity contribution in [2.45, 2.75) is 38.1 Å². The van der Waals surface area contributed by atoms with Crippen LogP contribution in [-0.4, -0.2) is 37.0 Å². The largest absolute Gasteiger partial charge is 0.370 e. The lowest BCUT2D eigenvalue weighted by molar-refractivity contribution is 0.251. The predicted molar refractivity (Wildman–Crippen MR) is 91.8 cm³/mol. The summed E-state index contributed by atoms with van der Waals surface area (Å²) in [6.45, 7) is 4.07. The first-order valence-corrected chi connectivity index (χ1v) is 8.66. The fourth-order valence-corrected chi connectivity index (χ4v) is 3.35. The lowest BCUT2D eigenvalue weighted by Crippen LogP contribution is -2.38. The molecule has 1 atom stereocenters. The summed E-state index contributed by atoms with van der Waals surface area (Å²) in [6.07, 6.45) is 6.63. The maximum Gasteiger partial charge on any atom is 0.188 e. The van der Waals surface area contributed by atoms with Crippen LogP contribution in [0.4, 0.5) is 0 Å². The van der Waals surface area contributed by atoms with Crippen LogP contribution < -0.4 is 11.1 Å². The summed E-state index contributed by atoms with van der Waals surface area (Å²) in [5.41, 5.74) is 7.39. The van der Waals surface area contributed by atoms with E-state index in [0.717, 1.165) is 19.0 Å². The van der Waals surface area contributed by atoms with Gasteiger partial charge in [-0.1, -0.05) is 36.8 Å². The van der Waals surface area contributed by atoms with Crippen molar-refractivity contribution in [3.63, 3.8) is 0 Å². The number of benzene rings is 1. The highest BCUT2D eigenvalue weighted by molar-refractivity contribution is 5.77. The number of nitrogens with two attached hydrogens (primary N) is 1. The third-order valence-corrected chi connectivity index (χ3v) is 5.00. The normalized spacial score (nSPS) is 21.5. The monoisotopic (exact) mass is 300 g/mol. The molecule has 4 nitrogen and oxygen atoms in total. The number of nitrogens with one attached hydrogen (secondary N) is 1. The molecule has 1 heterocycles. The van der Waals surface area contributed by atoms with E-state index in [1.165, 1.54) is 50.8 Å².